The van der Waals surface area contributed by atoms with Crippen molar-refractivity contribution in [2.24, 2.45) is 5.92 Å². The van der Waals surface area contributed by atoms with Gasteiger partial charge in [-0.05, 0) is 45.1 Å². The van der Waals surface area contributed by atoms with Crippen LogP contribution >= 0.6 is 15.9 Å². The fraction of sp³-hybridized carbons (Fsp3) is 0.270. The Labute approximate surface area is 300 Å². The summed E-state index contributed by atoms with van der Waals surface area (Å²) < 4.78 is 30.5. The molecule has 3 aromatic carbocycles. The van der Waals surface area contributed by atoms with Crippen molar-refractivity contribution in [3.8, 4) is 17.3 Å². The summed E-state index contributed by atoms with van der Waals surface area (Å²) in [6, 6.07) is 19.0. The summed E-state index contributed by atoms with van der Waals surface area (Å²) in [5.41, 5.74) is 2.98. The first-order valence-corrected chi connectivity index (χ1v) is 17.1. The van der Waals surface area contributed by atoms with Crippen LogP contribution in [0.3, 0.4) is 0 Å². The Balaban J connectivity index is 1.30. The molecule has 3 N–H and O–H groups in total. The number of nitrogens with one attached hydrogen (secondary N) is 3. The van der Waals surface area contributed by atoms with E-state index in [1.165, 1.54) is 13.4 Å². The van der Waals surface area contributed by atoms with Gasteiger partial charge in [0, 0.05) is 22.0 Å². The average Bonchev–Trinajstić information content (AvgIpc) is 3.91. The van der Waals surface area contributed by atoms with E-state index in [4.69, 9.17) is 28.0 Å². The minimum atomic E-state index is -1.13. The van der Waals surface area contributed by atoms with E-state index in [-0.39, 0.29) is 42.1 Å². The number of methoxy groups -OCH3 is 1. The molecule has 2 aromatic heterocycles. The highest BCUT2D eigenvalue weighted by Crippen LogP contribution is 2.60. The Morgan fingerprint density at radius 1 is 1.06 bits per heavy atom. The number of hydrogen-bond donors (Lipinski definition) is 3. The number of hydrogen-bond acceptors (Lipinski definition) is 11. The number of halogens is 1. The molecule has 8 rings (SSSR count). The molecule has 14 heteroatoms. The molecule has 4 atom stereocenters. The van der Waals surface area contributed by atoms with Crippen molar-refractivity contribution in [2.75, 3.05) is 12.4 Å². The summed E-state index contributed by atoms with van der Waals surface area (Å²) >= 11 is 3.70. The Morgan fingerprint density at radius 2 is 1.88 bits per heavy atom. The van der Waals surface area contributed by atoms with Gasteiger partial charge in [0.05, 0.1) is 12.8 Å². The highest BCUT2D eigenvalue weighted by Gasteiger charge is 2.61. The monoisotopic (exact) mass is 753 g/mol. The van der Waals surface area contributed by atoms with E-state index in [0.29, 0.717) is 11.5 Å². The number of ether oxygens (including phenoxy) is 3. The van der Waals surface area contributed by atoms with E-state index in [1.807, 2.05) is 80.6 Å². The van der Waals surface area contributed by atoms with Gasteiger partial charge in [0.2, 0.25) is 17.7 Å². The van der Waals surface area contributed by atoms with E-state index in [2.05, 4.69) is 36.9 Å². The first-order valence-electron chi connectivity index (χ1n) is 16.4. The highest BCUT2D eigenvalue weighted by molar-refractivity contribution is 9.10. The maximum Gasteiger partial charge on any atom is 0.408 e. The summed E-state index contributed by atoms with van der Waals surface area (Å²) in [7, 11) is 1.26. The minimum absolute atomic E-state index is 0.0194. The van der Waals surface area contributed by atoms with E-state index < -0.39 is 41.7 Å². The second-order valence-corrected chi connectivity index (χ2v) is 13.7. The molecule has 3 aliphatic rings. The molecular weight excluding hydrogens is 722 g/mol. The number of oxazole rings is 2. The topological polar surface area (TPSA) is 167 Å². The number of fused-ring (bicyclic) bond motifs is 4. The molecule has 51 heavy (non-hydrogen) atoms. The molecule has 5 aromatic rings. The Hall–Kier alpha value is -5.63. The first-order chi connectivity index (χ1) is 24.7. The van der Waals surface area contributed by atoms with Crippen molar-refractivity contribution in [1.82, 2.24) is 20.6 Å². The molecular formula is C37H32BrN5O8. The normalized spacial score (nSPS) is 21.3. The number of esters is 1. The van der Waals surface area contributed by atoms with Gasteiger partial charge in [-0.1, -0.05) is 68.4 Å². The molecule has 3 aliphatic heterocycles. The lowest BCUT2D eigenvalue weighted by Gasteiger charge is -2.28. The third-order valence-corrected chi connectivity index (χ3v) is 10.1. The SMILES string of the molecule is COC(=O)c1coc(-c2nc3oc2C24c5cc(ccc5O[C@@H]2Nc2c(Br)cccc24)C[C@H](NC(=O)OCc2ccccc2)C(=O)N[C@H]3C(C)C)n1. The molecule has 1 spiro atoms. The maximum atomic E-state index is 14.1. The van der Waals surface area contributed by atoms with Crippen molar-refractivity contribution >= 4 is 39.6 Å². The summed E-state index contributed by atoms with van der Waals surface area (Å²) in [5.74, 6) is -0.234. The number of carbonyl (C=O) groups is 3. The zero-order valence-electron chi connectivity index (χ0n) is 27.7. The number of benzene rings is 3. The van der Waals surface area contributed by atoms with Crippen LogP contribution in [-0.4, -0.2) is 47.3 Å². The number of carbonyl (C=O) groups excluding carboxylic acids is 3. The smallest absolute Gasteiger partial charge is 0.408 e. The molecule has 0 saturated carbocycles. The van der Waals surface area contributed by atoms with Crippen LogP contribution in [0.5, 0.6) is 5.75 Å². The Morgan fingerprint density at radius 3 is 2.67 bits per heavy atom. The van der Waals surface area contributed by atoms with Gasteiger partial charge in [-0.2, -0.15) is 0 Å². The van der Waals surface area contributed by atoms with Crippen molar-refractivity contribution < 1.29 is 37.4 Å². The zero-order valence-corrected chi connectivity index (χ0v) is 29.3. The minimum Gasteiger partial charge on any atom is -0.469 e. The number of amides is 2. The highest BCUT2D eigenvalue weighted by atomic mass is 79.9. The van der Waals surface area contributed by atoms with Crippen LogP contribution in [0.1, 0.15) is 64.3 Å². The van der Waals surface area contributed by atoms with Crippen molar-refractivity contribution in [2.45, 2.75) is 50.6 Å². The molecule has 0 aliphatic carbocycles. The van der Waals surface area contributed by atoms with Crippen LogP contribution < -0.4 is 20.7 Å². The number of anilines is 1. The molecule has 0 radical (unpaired) electrons. The van der Waals surface area contributed by atoms with Crippen molar-refractivity contribution in [1.29, 1.82) is 0 Å². The van der Waals surface area contributed by atoms with Crippen molar-refractivity contribution in [3.63, 3.8) is 0 Å². The molecule has 13 nitrogen and oxygen atoms in total. The fourth-order valence-corrected chi connectivity index (χ4v) is 7.45. The number of nitrogens with zero attached hydrogens (tertiary/aromatic N) is 2. The van der Waals surface area contributed by atoms with Gasteiger partial charge < -0.3 is 39.0 Å². The van der Waals surface area contributed by atoms with Crippen LogP contribution in [0.2, 0.25) is 0 Å². The van der Waals surface area contributed by atoms with Gasteiger partial charge >= 0.3 is 12.1 Å². The average molecular weight is 755 g/mol. The van der Waals surface area contributed by atoms with Gasteiger partial charge in [-0.25, -0.2) is 19.6 Å². The summed E-state index contributed by atoms with van der Waals surface area (Å²) in [6.07, 6.45) is -0.0850. The molecule has 260 valence electrons. The van der Waals surface area contributed by atoms with Gasteiger partial charge in [-0.3, -0.25) is 4.79 Å². The predicted molar refractivity (Wildman–Crippen MR) is 185 cm³/mol. The molecule has 0 saturated heterocycles. The van der Waals surface area contributed by atoms with Gasteiger partial charge in [0.1, 0.15) is 36.1 Å². The lowest BCUT2D eigenvalue weighted by molar-refractivity contribution is -0.124. The summed E-state index contributed by atoms with van der Waals surface area (Å²) in [5, 5.41) is 9.38. The number of alkyl carbamates (subject to hydrolysis) is 1. The van der Waals surface area contributed by atoms with Crippen LogP contribution in [-0.2, 0) is 32.7 Å². The van der Waals surface area contributed by atoms with Gasteiger partial charge in [0.15, 0.2) is 23.4 Å². The van der Waals surface area contributed by atoms with E-state index in [0.717, 1.165) is 32.4 Å². The van der Waals surface area contributed by atoms with Crippen LogP contribution in [0.15, 0.2) is 86.3 Å². The number of aromatic nitrogens is 2. The van der Waals surface area contributed by atoms with Crippen LogP contribution in [0.4, 0.5) is 10.5 Å². The third-order valence-electron chi connectivity index (χ3n) is 9.42. The quantitative estimate of drug-likeness (QED) is 0.174. The van der Waals surface area contributed by atoms with Crippen molar-refractivity contribution in [3.05, 3.63) is 117 Å². The second-order valence-electron chi connectivity index (χ2n) is 12.9. The van der Waals surface area contributed by atoms with Gasteiger partial charge in [-0.15, -0.1) is 0 Å². The molecule has 5 heterocycles. The second kappa shape index (κ2) is 12.6. The maximum absolute atomic E-state index is 14.1. The lowest BCUT2D eigenvalue weighted by Crippen LogP contribution is -2.49. The first kappa shape index (κ1) is 32.6. The molecule has 4 bridgehead atoms. The molecule has 1 unspecified atom stereocenters. The zero-order chi connectivity index (χ0) is 35.4. The summed E-state index contributed by atoms with van der Waals surface area (Å²) in [4.78, 5) is 49.0. The largest absolute Gasteiger partial charge is 0.469 e. The number of para-hydroxylation sites is 1. The Bertz CT molecular complexity index is 2180. The fourth-order valence-electron chi connectivity index (χ4n) is 6.97. The van der Waals surface area contributed by atoms with E-state index >= 15 is 0 Å². The van der Waals surface area contributed by atoms with Gasteiger partial charge in [0.25, 0.3) is 0 Å². The number of rotatable bonds is 6. The predicted octanol–water partition coefficient (Wildman–Crippen LogP) is 6.02. The van der Waals surface area contributed by atoms with Crippen LogP contribution in [0.25, 0.3) is 11.6 Å². The Kier molecular flexibility index (Phi) is 8.05. The lowest BCUT2D eigenvalue weighted by atomic mass is 9.72. The van der Waals surface area contributed by atoms with E-state index in [9.17, 15) is 14.4 Å². The molecule has 2 amide bonds. The third kappa shape index (κ3) is 5.41. The van der Waals surface area contributed by atoms with E-state index in [1.54, 1.807) is 0 Å². The van der Waals surface area contributed by atoms with Crippen LogP contribution in [0, 0.1) is 5.92 Å². The summed E-state index contributed by atoms with van der Waals surface area (Å²) in [6.45, 7) is 3.88. The molecule has 0 fully saturated rings. The standard InChI is InChI=1S/C37H32BrN5O8/c1-18(2)27-33-42-29(32-39-25(17-48-32)34(45)47-3)30(51-33)37-21-10-7-11-23(38)28(21)43-35(37)50-26-13-12-20(14-22(26)37)15-24(31(44)41-27)40-36(46)49-16-19-8-5-4-6-9-19/h4-14,17-18,24,27,35,43H,15-16H2,1-3H3,(H,40,46)(H,41,44)/t24-,27-,35-,37?/m0/s1.